The number of piperazine rings is 1. The van der Waals surface area contributed by atoms with Crippen LogP contribution < -0.4 is 14.5 Å². The third kappa shape index (κ3) is 4.45. The molecule has 0 radical (unpaired) electrons. The second-order valence-electron chi connectivity index (χ2n) is 6.77. The van der Waals surface area contributed by atoms with E-state index < -0.39 is 0 Å². The second-order valence-corrected chi connectivity index (χ2v) is 7.50. The Bertz CT molecular complexity index is 984. The fourth-order valence-electron chi connectivity index (χ4n) is 3.35. The van der Waals surface area contributed by atoms with Crippen LogP contribution in [0, 0.1) is 10.1 Å². The highest BCUT2D eigenvalue weighted by atomic mass is 32.1. The minimum absolute atomic E-state index is 0.116. The predicted octanol–water partition coefficient (Wildman–Crippen LogP) is 3.37. The Morgan fingerprint density at radius 1 is 1.10 bits per heavy atom. The van der Waals surface area contributed by atoms with E-state index in [0.717, 1.165) is 54.1 Å². The molecule has 0 bridgehead atoms. The summed E-state index contributed by atoms with van der Waals surface area (Å²) in [6.45, 7) is 3.35. The fraction of sp³-hybridized carbons (Fsp3) is 0.300. The van der Waals surface area contributed by atoms with Crippen molar-refractivity contribution in [2.24, 2.45) is 0 Å². The van der Waals surface area contributed by atoms with Crippen molar-refractivity contribution in [1.29, 1.82) is 0 Å². The lowest BCUT2D eigenvalue weighted by atomic mass is 10.1. The topological polar surface area (TPSA) is 84.6 Å². The molecule has 1 saturated heterocycles. The van der Waals surface area contributed by atoms with Crippen LogP contribution in [-0.4, -0.2) is 47.6 Å². The number of hydrogen-bond acceptors (Lipinski definition) is 8. The van der Waals surface area contributed by atoms with Crippen LogP contribution in [0.3, 0.4) is 0 Å². The first-order chi connectivity index (χ1) is 14.1. The first-order valence-corrected chi connectivity index (χ1v) is 10.1. The molecule has 9 heteroatoms. The Kier molecular flexibility index (Phi) is 5.57. The molecule has 1 aromatic heterocycles. The van der Waals surface area contributed by atoms with Crippen LogP contribution >= 0.6 is 11.5 Å². The van der Waals surface area contributed by atoms with Crippen molar-refractivity contribution in [2.45, 2.75) is 6.42 Å². The predicted molar refractivity (Wildman–Crippen MR) is 113 cm³/mol. The SMILES string of the molecule is COc1cccc(Cc2nsc(N3CCN(c4ccc([N+](=O)[O-])cc4)CC3)n2)c1. The number of anilines is 2. The second kappa shape index (κ2) is 8.44. The van der Waals surface area contributed by atoms with Crippen molar-refractivity contribution in [1.82, 2.24) is 9.36 Å². The van der Waals surface area contributed by atoms with E-state index in [1.807, 2.05) is 36.4 Å². The number of rotatable bonds is 6. The molecule has 0 N–H and O–H groups in total. The third-order valence-corrected chi connectivity index (χ3v) is 5.74. The molecule has 2 heterocycles. The molecule has 29 heavy (non-hydrogen) atoms. The maximum absolute atomic E-state index is 10.8. The Labute approximate surface area is 172 Å². The molecule has 1 fully saturated rings. The molecule has 8 nitrogen and oxygen atoms in total. The van der Waals surface area contributed by atoms with E-state index >= 15 is 0 Å². The van der Waals surface area contributed by atoms with Gasteiger partial charge < -0.3 is 14.5 Å². The molecule has 2 aromatic carbocycles. The van der Waals surface area contributed by atoms with Crippen molar-refractivity contribution < 1.29 is 9.66 Å². The monoisotopic (exact) mass is 411 g/mol. The van der Waals surface area contributed by atoms with Gasteiger partial charge in [0.05, 0.1) is 12.0 Å². The van der Waals surface area contributed by atoms with Gasteiger partial charge in [-0.25, -0.2) is 4.98 Å². The van der Waals surface area contributed by atoms with Crippen LogP contribution in [0.1, 0.15) is 11.4 Å². The molecule has 0 aliphatic carbocycles. The average molecular weight is 411 g/mol. The summed E-state index contributed by atoms with van der Waals surface area (Å²) >= 11 is 1.43. The highest BCUT2D eigenvalue weighted by Gasteiger charge is 2.21. The van der Waals surface area contributed by atoms with E-state index in [0.29, 0.717) is 6.42 Å². The lowest BCUT2D eigenvalue weighted by Gasteiger charge is -2.35. The van der Waals surface area contributed by atoms with E-state index in [1.165, 1.54) is 11.5 Å². The maximum atomic E-state index is 10.8. The summed E-state index contributed by atoms with van der Waals surface area (Å²) in [6, 6.07) is 14.7. The van der Waals surface area contributed by atoms with Crippen LogP contribution in [-0.2, 0) is 6.42 Å². The molecule has 0 atom stereocenters. The zero-order chi connectivity index (χ0) is 20.2. The number of aromatic nitrogens is 2. The Morgan fingerprint density at radius 2 is 1.83 bits per heavy atom. The first kappa shape index (κ1) is 19.1. The van der Waals surface area contributed by atoms with Gasteiger partial charge >= 0.3 is 0 Å². The van der Waals surface area contributed by atoms with Crippen LogP contribution in [0.25, 0.3) is 0 Å². The van der Waals surface area contributed by atoms with Crippen molar-refractivity contribution in [3.05, 3.63) is 70.0 Å². The van der Waals surface area contributed by atoms with Crippen molar-refractivity contribution in [2.75, 3.05) is 43.1 Å². The zero-order valence-electron chi connectivity index (χ0n) is 16.0. The number of hydrogen-bond donors (Lipinski definition) is 0. The van der Waals surface area contributed by atoms with Gasteiger partial charge in [-0.3, -0.25) is 10.1 Å². The van der Waals surface area contributed by atoms with Crippen LogP contribution in [0.5, 0.6) is 5.75 Å². The molecule has 0 spiro atoms. The molecule has 150 valence electrons. The Hall–Kier alpha value is -3.20. The molecular formula is C20H21N5O3S. The highest BCUT2D eigenvalue weighted by Crippen LogP contribution is 2.24. The quantitative estimate of drug-likeness (QED) is 0.454. The van der Waals surface area contributed by atoms with E-state index in [-0.39, 0.29) is 10.6 Å². The van der Waals surface area contributed by atoms with Crippen LogP contribution in [0.2, 0.25) is 0 Å². The normalized spacial score (nSPS) is 14.1. The average Bonchev–Trinajstić information content (AvgIpc) is 3.22. The number of ether oxygens (including phenoxy) is 1. The number of nitrogens with zero attached hydrogens (tertiary/aromatic N) is 5. The third-order valence-electron chi connectivity index (χ3n) is 4.93. The summed E-state index contributed by atoms with van der Waals surface area (Å²) in [5.41, 5.74) is 2.24. The largest absolute Gasteiger partial charge is 0.497 e. The lowest BCUT2D eigenvalue weighted by Crippen LogP contribution is -2.46. The molecule has 1 aliphatic heterocycles. The molecule has 0 saturated carbocycles. The van der Waals surface area contributed by atoms with Gasteiger partial charge in [0.25, 0.3) is 5.69 Å². The van der Waals surface area contributed by atoms with E-state index in [2.05, 4.69) is 14.2 Å². The molecule has 3 aromatic rings. The summed E-state index contributed by atoms with van der Waals surface area (Å²) in [5.74, 6) is 1.65. The summed E-state index contributed by atoms with van der Waals surface area (Å²) < 4.78 is 9.79. The van der Waals surface area contributed by atoms with Gasteiger partial charge in [0.1, 0.15) is 11.6 Å². The van der Waals surface area contributed by atoms with E-state index in [1.54, 1.807) is 19.2 Å². The highest BCUT2D eigenvalue weighted by molar-refractivity contribution is 7.09. The summed E-state index contributed by atoms with van der Waals surface area (Å²) in [7, 11) is 1.66. The first-order valence-electron chi connectivity index (χ1n) is 9.32. The Balaban J connectivity index is 1.36. The number of methoxy groups -OCH3 is 1. The van der Waals surface area contributed by atoms with Gasteiger partial charge in [-0.2, -0.15) is 4.37 Å². The van der Waals surface area contributed by atoms with E-state index in [4.69, 9.17) is 9.72 Å². The van der Waals surface area contributed by atoms with Gasteiger partial charge in [0.15, 0.2) is 0 Å². The van der Waals surface area contributed by atoms with Crippen LogP contribution in [0.15, 0.2) is 48.5 Å². The van der Waals surface area contributed by atoms with Gasteiger partial charge in [0, 0.05) is 62.0 Å². The lowest BCUT2D eigenvalue weighted by molar-refractivity contribution is -0.384. The standard InChI is InChI=1S/C20H21N5O3S/c1-28-18-4-2-3-15(13-18)14-19-21-20(29-22-19)24-11-9-23(10-12-24)16-5-7-17(8-6-16)25(26)27/h2-8,13H,9-12,14H2,1H3. The van der Waals surface area contributed by atoms with Gasteiger partial charge in [-0.15, -0.1) is 0 Å². The summed E-state index contributed by atoms with van der Waals surface area (Å²) in [6.07, 6.45) is 0.677. The molecule has 0 amide bonds. The fourth-order valence-corrected chi connectivity index (χ4v) is 4.09. The molecule has 0 unspecified atom stereocenters. The molecule has 1 aliphatic rings. The van der Waals surface area contributed by atoms with Crippen molar-refractivity contribution in [3.63, 3.8) is 0 Å². The minimum Gasteiger partial charge on any atom is -0.497 e. The number of benzene rings is 2. The Morgan fingerprint density at radius 3 is 2.52 bits per heavy atom. The smallest absolute Gasteiger partial charge is 0.269 e. The molecular weight excluding hydrogens is 390 g/mol. The minimum atomic E-state index is -0.375. The zero-order valence-corrected chi connectivity index (χ0v) is 16.8. The summed E-state index contributed by atoms with van der Waals surface area (Å²) in [4.78, 5) is 19.6. The van der Waals surface area contributed by atoms with Crippen molar-refractivity contribution >= 4 is 28.0 Å². The van der Waals surface area contributed by atoms with Crippen molar-refractivity contribution in [3.8, 4) is 5.75 Å². The summed E-state index contributed by atoms with van der Waals surface area (Å²) in [5, 5.41) is 11.7. The molecule has 4 rings (SSSR count). The van der Waals surface area contributed by atoms with Crippen LogP contribution in [0.4, 0.5) is 16.5 Å². The number of non-ortho nitro benzene ring substituents is 1. The number of nitro groups is 1. The maximum Gasteiger partial charge on any atom is 0.269 e. The van der Waals surface area contributed by atoms with Gasteiger partial charge in [0.2, 0.25) is 5.13 Å². The van der Waals surface area contributed by atoms with Gasteiger partial charge in [-0.05, 0) is 29.8 Å². The van der Waals surface area contributed by atoms with E-state index in [9.17, 15) is 10.1 Å². The van der Waals surface area contributed by atoms with Gasteiger partial charge in [-0.1, -0.05) is 12.1 Å². The number of nitro benzene ring substituents is 1.